The maximum Gasteiger partial charge on any atom is 0.199 e. The Labute approximate surface area is 658 Å². The summed E-state index contributed by atoms with van der Waals surface area (Å²) in [5.41, 5.74) is 19.3. The minimum Gasteiger partial charge on any atom is -0.309 e. The first-order chi connectivity index (χ1) is 57.5. The van der Waals surface area contributed by atoms with Gasteiger partial charge in [-0.1, -0.05) is 273 Å². The number of fused-ring (bicyclic) bond motifs is 44. The number of nitrogens with zero attached hydrogens (tertiary/aromatic N) is 11. The average Bonchev–Trinajstić information content (AvgIpc) is 1.43. The smallest absolute Gasteiger partial charge is 0.199 e. The van der Waals surface area contributed by atoms with E-state index >= 15 is 0 Å². The van der Waals surface area contributed by atoms with Crippen molar-refractivity contribution in [2.45, 2.75) is 0 Å². The summed E-state index contributed by atoms with van der Waals surface area (Å²) in [4.78, 5) is 34.0. The molecular weight excluding hydrogens is 1420 g/mol. The van der Waals surface area contributed by atoms with E-state index < -0.39 is 0 Å². The van der Waals surface area contributed by atoms with E-state index in [2.05, 4.69) is 361 Å². The minimum atomic E-state index is 0.554. The van der Waals surface area contributed by atoms with Gasteiger partial charge in [-0.2, -0.15) is 0 Å². The van der Waals surface area contributed by atoms with Gasteiger partial charge in [-0.25, -0.2) is 34.9 Å². The summed E-state index contributed by atoms with van der Waals surface area (Å²) in [5, 5.41) is 30.9. The summed E-state index contributed by atoms with van der Waals surface area (Å²) >= 11 is 0. The fraction of sp³-hybridized carbons (Fsp3) is 0. The van der Waals surface area contributed by atoms with E-state index in [1.165, 1.54) is 157 Å². The van der Waals surface area contributed by atoms with Crippen LogP contribution in [0.1, 0.15) is 0 Å². The molecule has 0 aliphatic carbocycles. The van der Waals surface area contributed by atoms with Crippen molar-refractivity contribution in [3.63, 3.8) is 0 Å². The summed E-state index contributed by atoms with van der Waals surface area (Å²) in [6.07, 6.45) is 3.32. The van der Waals surface area contributed by atoms with E-state index in [4.69, 9.17) is 24.9 Å². The molecule has 536 valence electrons. The molecule has 0 spiro atoms. The van der Waals surface area contributed by atoms with Gasteiger partial charge >= 0.3 is 0 Å². The highest BCUT2D eigenvalue weighted by molar-refractivity contribution is 6.30. The zero-order valence-corrected chi connectivity index (χ0v) is 62.1. The fourth-order valence-corrected chi connectivity index (χ4v) is 18.9. The van der Waals surface area contributed by atoms with E-state index in [0.29, 0.717) is 11.3 Å². The van der Waals surface area contributed by atoms with Crippen molar-refractivity contribution >= 4 is 240 Å². The lowest BCUT2D eigenvalue weighted by Crippen LogP contribution is -1.99. The third-order valence-corrected chi connectivity index (χ3v) is 24.0. The molecule has 0 N–H and O–H groups in total. The van der Waals surface area contributed by atoms with Crippen LogP contribution >= 0.6 is 0 Å². The molecule has 0 amide bonds. The van der Waals surface area contributed by atoms with E-state index in [9.17, 15) is 0 Å². The maximum absolute atomic E-state index is 5.15. The Kier molecular flexibility index (Phi) is 13.7. The van der Waals surface area contributed by atoms with Crippen molar-refractivity contribution in [1.82, 2.24) is 52.5 Å². The van der Waals surface area contributed by atoms with E-state index in [1.807, 2.05) is 24.3 Å². The zero-order chi connectivity index (χ0) is 75.8. The molecule has 116 heavy (non-hydrogen) atoms. The molecule has 28 rings (SSSR count). The largest absolute Gasteiger partial charge is 0.309 e. The molecule has 0 saturated heterocycles. The van der Waals surface area contributed by atoms with Crippen molar-refractivity contribution in [3.8, 4) is 0 Å². The Hall–Kier alpha value is -15.9. The molecule has 16 aromatic carbocycles. The van der Waals surface area contributed by atoms with Crippen LogP contribution in [0.2, 0.25) is 0 Å². The Bertz CT molecular complexity index is 8090. The minimum absolute atomic E-state index is 0.554. The summed E-state index contributed by atoms with van der Waals surface area (Å²) in [7, 11) is 0. The molecule has 0 saturated carbocycles. The average molecular weight is 1480 g/mol. The third-order valence-electron chi connectivity index (χ3n) is 24.0. The van der Waals surface area contributed by atoms with E-state index in [0.717, 1.165) is 71.8 Å². The Morgan fingerprint density at radius 2 is 0.466 bits per heavy atom. The Balaban J connectivity index is 0.0000000866. The second-order valence-electron chi connectivity index (χ2n) is 30.3. The van der Waals surface area contributed by atoms with Crippen LogP contribution in [0.25, 0.3) is 240 Å². The van der Waals surface area contributed by atoms with Crippen LogP contribution in [0, 0.1) is 0 Å². The van der Waals surface area contributed by atoms with Gasteiger partial charge in [0.05, 0.1) is 66.2 Å². The highest BCUT2D eigenvalue weighted by Gasteiger charge is 2.23. The van der Waals surface area contributed by atoms with Crippen molar-refractivity contribution in [2.75, 3.05) is 0 Å². The Morgan fingerprint density at radius 3 is 0.957 bits per heavy atom. The lowest BCUT2D eigenvalue weighted by Gasteiger charge is -2.14. The molecule has 0 fully saturated rings. The first kappa shape index (κ1) is 63.9. The normalized spacial score (nSPS) is 12.1. The van der Waals surface area contributed by atoms with Crippen molar-refractivity contribution in [2.24, 2.45) is 0 Å². The summed E-state index contributed by atoms with van der Waals surface area (Å²) < 4.78 is 9.23. The van der Waals surface area contributed by atoms with Crippen molar-refractivity contribution in [1.29, 1.82) is 0 Å². The molecule has 0 aliphatic heterocycles. The van der Waals surface area contributed by atoms with Gasteiger partial charge in [0.15, 0.2) is 22.6 Å². The number of pyridine rings is 5. The molecule has 12 aromatic heterocycles. The predicted octanol–water partition coefficient (Wildman–Crippen LogP) is 26.6. The van der Waals surface area contributed by atoms with E-state index in [1.54, 1.807) is 12.4 Å². The SMILES string of the molecule is c1ccc2c(c1)ccc1c2c2nc3ccccc3nc2n2c3ccccc3cc12.c1ccc2c(c1)ccc1c2c2nc3nccnc3nc2n2c3ccccc3cc12.c1ccc2cc3c(cc2c1)c1c2ccccc2ccc1c1cc2ccccc2n31.c1ccc2nc3c(cc2c1)c1c2ccccc2ccc1c1cc2ccccc2n13. The Morgan fingerprint density at radius 1 is 0.164 bits per heavy atom. The maximum atomic E-state index is 5.15. The van der Waals surface area contributed by atoms with Crippen LogP contribution in [0.5, 0.6) is 0 Å². The monoisotopic (exact) mass is 1480 g/mol. The van der Waals surface area contributed by atoms with Crippen molar-refractivity contribution in [3.05, 3.63) is 370 Å². The quantitative estimate of drug-likeness (QED) is 0.110. The zero-order valence-electron chi connectivity index (χ0n) is 62.1. The molecule has 12 heterocycles. The van der Waals surface area contributed by atoms with E-state index in [-0.39, 0.29) is 0 Å². The van der Waals surface area contributed by atoms with Crippen LogP contribution < -0.4 is 0 Å². The second kappa shape index (κ2) is 24.8. The van der Waals surface area contributed by atoms with Gasteiger partial charge in [0, 0.05) is 93.2 Å². The fourth-order valence-electron chi connectivity index (χ4n) is 18.9. The lowest BCUT2D eigenvalue weighted by molar-refractivity contribution is 1.17. The van der Waals surface area contributed by atoms with Crippen LogP contribution in [0.15, 0.2) is 370 Å². The predicted molar refractivity (Wildman–Crippen MR) is 484 cm³/mol. The van der Waals surface area contributed by atoms with Gasteiger partial charge in [-0.3, -0.25) is 13.2 Å². The van der Waals surface area contributed by atoms with Crippen molar-refractivity contribution < 1.29 is 0 Å². The number of rotatable bonds is 0. The van der Waals surface area contributed by atoms with Crippen LogP contribution in [-0.4, -0.2) is 52.5 Å². The molecule has 11 nitrogen and oxygen atoms in total. The topological polar surface area (TPSA) is 108 Å². The molecular formula is C105H61N11. The van der Waals surface area contributed by atoms with Crippen LogP contribution in [0.4, 0.5) is 0 Å². The number of benzene rings is 16. The highest BCUT2D eigenvalue weighted by Crippen LogP contribution is 2.44. The van der Waals surface area contributed by atoms with Gasteiger partial charge in [0.1, 0.15) is 16.7 Å². The number of para-hydroxylation sites is 7. The van der Waals surface area contributed by atoms with Gasteiger partial charge in [0.2, 0.25) is 0 Å². The molecule has 28 aromatic rings. The van der Waals surface area contributed by atoms with Gasteiger partial charge in [-0.15, -0.1) is 0 Å². The van der Waals surface area contributed by atoms with Gasteiger partial charge < -0.3 is 4.40 Å². The second-order valence-corrected chi connectivity index (χ2v) is 30.3. The molecule has 0 unspecified atom stereocenters. The first-order valence-electron chi connectivity index (χ1n) is 39.3. The molecule has 11 heteroatoms. The number of aromatic nitrogens is 11. The molecule has 0 aliphatic rings. The van der Waals surface area contributed by atoms with Crippen LogP contribution in [0.3, 0.4) is 0 Å². The summed E-state index contributed by atoms with van der Waals surface area (Å²) in [6.45, 7) is 0. The molecule has 0 atom stereocenters. The summed E-state index contributed by atoms with van der Waals surface area (Å²) in [6, 6.07) is 128. The molecule has 0 bridgehead atoms. The third kappa shape index (κ3) is 9.51. The molecule has 0 radical (unpaired) electrons. The first-order valence-corrected chi connectivity index (χ1v) is 39.3. The summed E-state index contributed by atoms with van der Waals surface area (Å²) in [5.74, 6) is 0. The highest BCUT2D eigenvalue weighted by atomic mass is 15.1. The number of hydrogen-bond acceptors (Lipinski definition) is 7. The number of hydrogen-bond donors (Lipinski definition) is 0. The van der Waals surface area contributed by atoms with Crippen LogP contribution in [-0.2, 0) is 0 Å². The van der Waals surface area contributed by atoms with Gasteiger partial charge in [0.25, 0.3) is 0 Å². The van der Waals surface area contributed by atoms with Gasteiger partial charge in [-0.05, 0) is 139 Å². The standard InChI is InChI=1S/C28H17N.C27H16N2.C26H15N3.C24H13N5/c1-2-9-20-16-27-24(15-19(20)8-1)28-22-11-5-3-7-18(22)13-14-23(28)26-17-21-10-4-6-12-25(21)29(26)27;1-4-10-20-17(7-1)13-14-21-25-16-19-9-3-6-12-24(19)29(25)27-22(26(20)21)15-18-8-2-5-11-23(18)28-27;1-3-9-18-16(7-1)13-14-19-23-15-17-8-2-6-12-22(17)29(23)26-25(24(18)19)27-20-10-4-5-11-21(20)28-26;1-3-7-16-14(5-1)9-10-17-19-13-15-6-2-4-8-18(15)29(19)24-21(20(16)17)27-22-23(28-24)26-12-11-25-22/h1-17H;1-16H;1-15H;1-13H. The lowest BCUT2D eigenvalue weighted by atomic mass is 9.96.